The number of carbonyl (C=O) groups is 1. The van der Waals surface area contributed by atoms with Crippen LogP contribution in [0, 0.1) is 0 Å². The first kappa shape index (κ1) is 13.5. The fourth-order valence-electron chi connectivity index (χ4n) is 1.57. The van der Waals surface area contributed by atoms with Gasteiger partial charge in [0.05, 0.1) is 19.2 Å². The third-order valence-corrected chi connectivity index (χ3v) is 2.96. The lowest BCUT2D eigenvalue weighted by Gasteiger charge is -2.08. The van der Waals surface area contributed by atoms with Crippen LogP contribution < -0.4 is 10.1 Å². The molecular weight excluding hydrogens is 312 g/mol. The number of methoxy groups -OCH3 is 1. The number of nitrogens with one attached hydrogen (secondary N) is 1. The number of carbonyl (C=O) groups excluding carboxylic acids is 1. The van der Waals surface area contributed by atoms with Gasteiger partial charge in [-0.3, -0.25) is 9.48 Å². The highest BCUT2D eigenvalue weighted by molar-refractivity contribution is 9.10. The molecule has 0 aliphatic carbocycles. The quantitative estimate of drug-likeness (QED) is 0.925. The Morgan fingerprint density at radius 2 is 2.32 bits per heavy atom. The first-order valence-corrected chi connectivity index (χ1v) is 6.35. The smallest absolute Gasteiger partial charge is 0.255 e. The standard InChI is InChI=1S/C12H13BrN4O2/c1-17-7-15-11(16-17)6-14-12(18)9-4-3-8(13)5-10(9)19-2/h3-5,7H,6H2,1-2H3,(H,14,18). The lowest BCUT2D eigenvalue weighted by molar-refractivity contribution is 0.0947. The summed E-state index contributed by atoms with van der Waals surface area (Å²) in [5.74, 6) is 0.851. The van der Waals surface area contributed by atoms with Gasteiger partial charge in [-0.15, -0.1) is 0 Å². The van der Waals surface area contributed by atoms with E-state index in [1.807, 2.05) is 0 Å². The molecule has 1 aromatic heterocycles. The minimum Gasteiger partial charge on any atom is -0.496 e. The molecule has 0 saturated heterocycles. The maximum atomic E-state index is 12.0. The number of benzene rings is 1. The second-order valence-corrected chi connectivity index (χ2v) is 4.78. The lowest BCUT2D eigenvalue weighted by Crippen LogP contribution is -2.24. The van der Waals surface area contributed by atoms with E-state index < -0.39 is 0 Å². The molecule has 0 spiro atoms. The van der Waals surface area contributed by atoms with Crippen LogP contribution in [0.3, 0.4) is 0 Å². The third-order valence-electron chi connectivity index (χ3n) is 2.46. The summed E-state index contributed by atoms with van der Waals surface area (Å²) in [6, 6.07) is 5.23. The van der Waals surface area contributed by atoms with Crippen LogP contribution >= 0.6 is 15.9 Å². The molecule has 1 N–H and O–H groups in total. The Morgan fingerprint density at radius 1 is 1.53 bits per heavy atom. The molecule has 6 nitrogen and oxygen atoms in total. The van der Waals surface area contributed by atoms with Crippen molar-refractivity contribution in [2.24, 2.45) is 7.05 Å². The minimum absolute atomic E-state index is 0.225. The molecule has 0 aliphatic heterocycles. The van der Waals surface area contributed by atoms with Crippen molar-refractivity contribution < 1.29 is 9.53 Å². The van der Waals surface area contributed by atoms with E-state index in [4.69, 9.17) is 4.74 Å². The number of hydrogen-bond donors (Lipinski definition) is 1. The number of ether oxygens (including phenoxy) is 1. The molecule has 0 saturated carbocycles. The molecule has 2 aromatic rings. The van der Waals surface area contributed by atoms with Gasteiger partial charge in [0.2, 0.25) is 0 Å². The van der Waals surface area contributed by atoms with Crippen molar-refractivity contribution in [3.8, 4) is 5.75 Å². The zero-order valence-corrected chi connectivity index (χ0v) is 12.1. The number of rotatable bonds is 4. The predicted octanol–water partition coefficient (Wildman–Crippen LogP) is 1.52. The highest BCUT2D eigenvalue weighted by atomic mass is 79.9. The zero-order chi connectivity index (χ0) is 13.8. The second-order valence-electron chi connectivity index (χ2n) is 3.86. The van der Waals surface area contributed by atoms with E-state index in [1.165, 1.54) is 7.11 Å². The minimum atomic E-state index is -0.225. The highest BCUT2D eigenvalue weighted by Gasteiger charge is 2.12. The monoisotopic (exact) mass is 324 g/mol. The average molecular weight is 325 g/mol. The van der Waals surface area contributed by atoms with E-state index in [9.17, 15) is 4.79 Å². The topological polar surface area (TPSA) is 69.0 Å². The Kier molecular flexibility index (Phi) is 4.16. The number of aromatic nitrogens is 3. The summed E-state index contributed by atoms with van der Waals surface area (Å²) in [6.07, 6.45) is 1.59. The Morgan fingerprint density at radius 3 is 2.95 bits per heavy atom. The number of nitrogens with zero attached hydrogens (tertiary/aromatic N) is 3. The molecule has 0 aliphatic rings. The summed E-state index contributed by atoms with van der Waals surface area (Å²) in [5, 5.41) is 6.84. The van der Waals surface area contributed by atoms with E-state index in [0.717, 1.165) is 4.47 Å². The Labute approximate surface area is 118 Å². The van der Waals surface area contributed by atoms with Gasteiger partial charge >= 0.3 is 0 Å². The van der Waals surface area contributed by atoms with E-state index in [2.05, 4.69) is 31.3 Å². The van der Waals surface area contributed by atoms with Crippen LogP contribution in [-0.2, 0) is 13.6 Å². The highest BCUT2D eigenvalue weighted by Crippen LogP contribution is 2.23. The first-order valence-electron chi connectivity index (χ1n) is 5.56. The fraction of sp³-hybridized carbons (Fsp3) is 0.250. The summed E-state index contributed by atoms with van der Waals surface area (Å²) >= 11 is 3.33. The van der Waals surface area contributed by atoms with Crippen molar-refractivity contribution in [2.45, 2.75) is 6.54 Å². The summed E-state index contributed by atoms with van der Waals surface area (Å²) in [7, 11) is 3.30. The zero-order valence-electron chi connectivity index (χ0n) is 10.6. The first-order chi connectivity index (χ1) is 9.10. The van der Waals surface area contributed by atoms with Gasteiger partial charge in [-0.2, -0.15) is 5.10 Å². The average Bonchev–Trinajstić information content (AvgIpc) is 2.81. The maximum absolute atomic E-state index is 12.0. The van der Waals surface area contributed by atoms with Crippen LogP contribution in [0.15, 0.2) is 29.0 Å². The third kappa shape index (κ3) is 3.31. The van der Waals surface area contributed by atoms with Crippen molar-refractivity contribution >= 4 is 21.8 Å². The molecule has 0 unspecified atom stereocenters. The molecular formula is C12H13BrN4O2. The summed E-state index contributed by atoms with van der Waals surface area (Å²) in [5.41, 5.74) is 0.474. The molecule has 2 rings (SSSR count). The van der Waals surface area contributed by atoms with E-state index in [0.29, 0.717) is 17.1 Å². The summed E-state index contributed by atoms with van der Waals surface area (Å²) in [4.78, 5) is 16.1. The van der Waals surface area contributed by atoms with Crippen molar-refractivity contribution in [1.82, 2.24) is 20.1 Å². The molecule has 0 fully saturated rings. The maximum Gasteiger partial charge on any atom is 0.255 e. The van der Waals surface area contributed by atoms with Crippen molar-refractivity contribution in [3.05, 3.63) is 40.4 Å². The molecule has 19 heavy (non-hydrogen) atoms. The largest absolute Gasteiger partial charge is 0.496 e. The Balaban J connectivity index is 2.07. The SMILES string of the molecule is COc1cc(Br)ccc1C(=O)NCc1ncn(C)n1. The van der Waals surface area contributed by atoms with E-state index >= 15 is 0 Å². The molecule has 1 aromatic carbocycles. The normalized spacial score (nSPS) is 10.3. The number of aryl methyl sites for hydroxylation is 1. The van der Waals surface area contributed by atoms with Gasteiger partial charge in [-0.05, 0) is 18.2 Å². The van der Waals surface area contributed by atoms with Crippen LogP contribution in [0.2, 0.25) is 0 Å². The van der Waals surface area contributed by atoms with E-state index in [-0.39, 0.29) is 12.5 Å². The number of halogens is 1. The van der Waals surface area contributed by atoms with Gasteiger partial charge in [0, 0.05) is 11.5 Å². The summed E-state index contributed by atoms with van der Waals surface area (Å²) in [6.45, 7) is 0.277. The molecule has 100 valence electrons. The van der Waals surface area contributed by atoms with Crippen molar-refractivity contribution in [1.29, 1.82) is 0 Å². The molecule has 7 heteroatoms. The van der Waals surface area contributed by atoms with E-state index in [1.54, 1.807) is 36.3 Å². The van der Waals surface area contributed by atoms with Crippen LogP contribution in [0.4, 0.5) is 0 Å². The molecule has 1 amide bonds. The Hall–Kier alpha value is -1.89. The van der Waals surface area contributed by atoms with Crippen LogP contribution in [0.25, 0.3) is 0 Å². The molecule has 1 heterocycles. The van der Waals surface area contributed by atoms with Crippen LogP contribution in [-0.4, -0.2) is 27.8 Å². The van der Waals surface area contributed by atoms with Gasteiger partial charge in [0.1, 0.15) is 12.1 Å². The number of hydrogen-bond acceptors (Lipinski definition) is 4. The lowest BCUT2D eigenvalue weighted by atomic mass is 10.2. The van der Waals surface area contributed by atoms with Crippen LogP contribution in [0.5, 0.6) is 5.75 Å². The fourth-order valence-corrected chi connectivity index (χ4v) is 1.91. The van der Waals surface area contributed by atoms with Gasteiger partial charge in [0.15, 0.2) is 5.82 Å². The van der Waals surface area contributed by atoms with Gasteiger partial charge in [0.25, 0.3) is 5.91 Å². The van der Waals surface area contributed by atoms with Gasteiger partial charge in [-0.1, -0.05) is 15.9 Å². The van der Waals surface area contributed by atoms with Crippen molar-refractivity contribution in [3.63, 3.8) is 0 Å². The molecule has 0 bridgehead atoms. The predicted molar refractivity (Wildman–Crippen MR) is 72.9 cm³/mol. The van der Waals surface area contributed by atoms with Crippen LogP contribution in [0.1, 0.15) is 16.2 Å². The van der Waals surface area contributed by atoms with Crippen molar-refractivity contribution in [2.75, 3.05) is 7.11 Å². The second kappa shape index (κ2) is 5.83. The number of amides is 1. The summed E-state index contributed by atoms with van der Waals surface area (Å²) < 4.78 is 7.62. The van der Waals surface area contributed by atoms with Gasteiger partial charge < -0.3 is 10.1 Å². The molecule has 0 radical (unpaired) electrons. The van der Waals surface area contributed by atoms with Gasteiger partial charge in [-0.25, -0.2) is 4.98 Å². The Bertz CT molecular complexity index is 597. The molecule has 0 atom stereocenters.